The molecule has 1 aromatic carbocycles. The molecule has 2 rings (SSSR count). The highest BCUT2D eigenvalue weighted by atomic mass is 15.3. The number of benzene rings is 1. The fourth-order valence-corrected chi connectivity index (χ4v) is 3.79. The third-order valence-corrected chi connectivity index (χ3v) is 4.98. The molecule has 0 radical (unpaired) electrons. The zero-order chi connectivity index (χ0) is 15.4. The quantitative estimate of drug-likeness (QED) is 0.878. The summed E-state index contributed by atoms with van der Waals surface area (Å²) in [4.78, 5) is 2.78. The molecule has 0 aliphatic carbocycles. The van der Waals surface area contributed by atoms with Gasteiger partial charge in [0.1, 0.15) is 0 Å². The van der Waals surface area contributed by atoms with Gasteiger partial charge in [-0.3, -0.25) is 4.90 Å². The van der Waals surface area contributed by atoms with Crippen molar-refractivity contribution in [3.63, 3.8) is 0 Å². The van der Waals surface area contributed by atoms with Gasteiger partial charge in [0.05, 0.1) is 0 Å². The highest BCUT2D eigenvalue weighted by Gasteiger charge is 2.35. The molecule has 2 nitrogen and oxygen atoms in total. The van der Waals surface area contributed by atoms with Gasteiger partial charge in [-0.25, -0.2) is 0 Å². The fourth-order valence-electron chi connectivity index (χ4n) is 3.79. The highest BCUT2D eigenvalue weighted by molar-refractivity contribution is 5.20. The summed E-state index contributed by atoms with van der Waals surface area (Å²) in [5.41, 5.74) is 1.42. The van der Waals surface area contributed by atoms with Crippen molar-refractivity contribution >= 4 is 0 Å². The summed E-state index contributed by atoms with van der Waals surface area (Å²) in [6.45, 7) is 14.0. The summed E-state index contributed by atoms with van der Waals surface area (Å²) in [7, 11) is 0. The van der Waals surface area contributed by atoms with E-state index in [1.165, 1.54) is 12.0 Å². The summed E-state index contributed by atoms with van der Waals surface area (Å²) >= 11 is 0. The van der Waals surface area contributed by atoms with E-state index in [0.717, 1.165) is 13.1 Å². The summed E-state index contributed by atoms with van der Waals surface area (Å²) in [6, 6.07) is 12.7. The molecular formula is C19H32N2. The Kier molecular flexibility index (Phi) is 5.83. The molecule has 0 aromatic heterocycles. The van der Waals surface area contributed by atoms with Crippen LogP contribution in [0.3, 0.4) is 0 Å². The zero-order valence-electron chi connectivity index (χ0n) is 14.3. The van der Waals surface area contributed by atoms with Gasteiger partial charge in [-0.15, -0.1) is 0 Å². The zero-order valence-corrected chi connectivity index (χ0v) is 14.3. The summed E-state index contributed by atoms with van der Waals surface area (Å²) in [5.74, 6) is 1.41. The van der Waals surface area contributed by atoms with Gasteiger partial charge in [-0.1, -0.05) is 65.0 Å². The molecule has 3 atom stereocenters. The minimum atomic E-state index is 0.467. The molecule has 118 valence electrons. The molecule has 2 heteroatoms. The van der Waals surface area contributed by atoms with Crippen molar-refractivity contribution in [1.29, 1.82) is 0 Å². The largest absolute Gasteiger partial charge is 0.307 e. The molecule has 1 aliphatic rings. The molecule has 1 aliphatic heterocycles. The number of rotatable bonds is 5. The van der Waals surface area contributed by atoms with E-state index >= 15 is 0 Å². The van der Waals surface area contributed by atoms with Crippen LogP contribution in [0.4, 0.5) is 0 Å². The van der Waals surface area contributed by atoms with E-state index in [9.17, 15) is 0 Å². The van der Waals surface area contributed by atoms with E-state index in [4.69, 9.17) is 0 Å². The van der Waals surface area contributed by atoms with Crippen molar-refractivity contribution in [1.82, 2.24) is 10.2 Å². The average molecular weight is 288 g/mol. The van der Waals surface area contributed by atoms with Crippen molar-refractivity contribution in [2.24, 2.45) is 11.8 Å². The number of hydrogen-bond acceptors (Lipinski definition) is 2. The predicted octanol–water partition coefficient (Wildman–Crippen LogP) is 4.09. The van der Waals surface area contributed by atoms with E-state index in [1.807, 2.05) is 0 Å². The van der Waals surface area contributed by atoms with Gasteiger partial charge in [0.2, 0.25) is 0 Å². The van der Waals surface area contributed by atoms with Crippen LogP contribution in [0.25, 0.3) is 0 Å². The molecular weight excluding hydrogens is 256 g/mol. The Hall–Kier alpha value is -0.860. The second kappa shape index (κ2) is 7.42. The fraction of sp³-hybridized carbons (Fsp3) is 0.684. The number of hydrogen-bond donors (Lipinski definition) is 1. The summed E-state index contributed by atoms with van der Waals surface area (Å²) in [6.07, 6.45) is 1.24. The van der Waals surface area contributed by atoms with Crippen molar-refractivity contribution in [2.45, 2.75) is 59.2 Å². The second-order valence-corrected chi connectivity index (χ2v) is 7.10. The monoisotopic (exact) mass is 288 g/mol. The lowest BCUT2D eigenvalue weighted by Crippen LogP contribution is -2.59. The lowest BCUT2D eigenvalue weighted by molar-refractivity contribution is 0.0336. The maximum absolute atomic E-state index is 3.77. The summed E-state index contributed by atoms with van der Waals surface area (Å²) in [5, 5.41) is 3.77. The van der Waals surface area contributed by atoms with Gasteiger partial charge in [0, 0.05) is 31.2 Å². The standard InChI is InChI=1S/C19H32N2/c1-6-18(14(2)3)21-13-17(16-10-8-7-9-11-16)20-12-19(21)15(4)5/h7-11,14-15,17-20H,6,12-13H2,1-5H3. The Morgan fingerprint density at radius 1 is 1.14 bits per heavy atom. The maximum Gasteiger partial charge on any atom is 0.0450 e. The second-order valence-electron chi connectivity index (χ2n) is 7.10. The molecule has 0 amide bonds. The molecule has 3 unspecified atom stereocenters. The van der Waals surface area contributed by atoms with Crippen LogP contribution >= 0.6 is 0 Å². The van der Waals surface area contributed by atoms with Crippen molar-refractivity contribution in [3.8, 4) is 0 Å². The van der Waals surface area contributed by atoms with Crippen LogP contribution in [0.5, 0.6) is 0 Å². The predicted molar refractivity (Wildman–Crippen MR) is 91.4 cm³/mol. The van der Waals surface area contributed by atoms with Gasteiger partial charge < -0.3 is 5.32 Å². The Balaban J connectivity index is 2.19. The van der Waals surface area contributed by atoms with Crippen molar-refractivity contribution in [2.75, 3.05) is 13.1 Å². The third kappa shape index (κ3) is 3.87. The lowest BCUT2D eigenvalue weighted by atomic mass is 9.90. The molecule has 1 N–H and O–H groups in total. The molecule has 1 heterocycles. The first-order valence-corrected chi connectivity index (χ1v) is 8.58. The Morgan fingerprint density at radius 2 is 1.81 bits per heavy atom. The van der Waals surface area contributed by atoms with Crippen molar-refractivity contribution < 1.29 is 0 Å². The Morgan fingerprint density at radius 3 is 2.33 bits per heavy atom. The van der Waals surface area contributed by atoms with Crippen LogP contribution in [0, 0.1) is 11.8 Å². The van der Waals surface area contributed by atoms with Gasteiger partial charge in [-0.05, 0) is 23.8 Å². The van der Waals surface area contributed by atoms with Gasteiger partial charge in [0.25, 0.3) is 0 Å². The van der Waals surface area contributed by atoms with Crippen LogP contribution in [0.1, 0.15) is 52.6 Å². The molecule has 1 fully saturated rings. The third-order valence-electron chi connectivity index (χ3n) is 4.98. The van der Waals surface area contributed by atoms with Crippen molar-refractivity contribution in [3.05, 3.63) is 35.9 Å². The SMILES string of the molecule is CCC(C(C)C)N1CC(c2ccccc2)NCC1C(C)C. The Labute approximate surface area is 130 Å². The van der Waals surface area contributed by atoms with E-state index in [1.54, 1.807) is 0 Å². The molecule has 21 heavy (non-hydrogen) atoms. The minimum Gasteiger partial charge on any atom is -0.307 e. The van der Waals surface area contributed by atoms with Crippen LogP contribution in [0.2, 0.25) is 0 Å². The van der Waals surface area contributed by atoms with Crippen LogP contribution in [-0.4, -0.2) is 30.1 Å². The van der Waals surface area contributed by atoms with Gasteiger partial charge in [0.15, 0.2) is 0 Å². The van der Waals surface area contributed by atoms with Gasteiger partial charge >= 0.3 is 0 Å². The van der Waals surface area contributed by atoms with Crippen LogP contribution in [0.15, 0.2) is 30.3 Å². The molecule has 1 aromatic rings. The molecule has 0 saturated carbocycles. The highest BCUT2D eigenvalue weighted by Crippen LogP contribution is 2.28. The molecule has 0 spiro atoms. The topological polar surface area (TPSA) is 15.3 Å². The van der Waals surface area contributed by atoms with Crippen LogP contribution in [-0.2, 0) is 0 Å². The Bertz CT molecular complexity index is 403. The van der Waals surface area contributed by atoms with Gasteiger partial charge in [-0.2, -0.15) is 0 Å². The van der Waals surface area contributed by atoms with E-state index in [2.05, 4.69) is 75.2 Å². The van der Waals surface area contributed by atoms with E-state index in [0.29, 0.717) is 30.0 Å². The first-order chi connectivity index (χ1) is 10.0. The number of piperazine rings is 1. The first-order valence-electron chi connectivity index (χ1n) is 8.58. The minimum absolute atomic E-state index is 0.467. The first kappa shape index (κ1) is 16.5. The normalized spacial score (nSPS) is 25.5. The van der Waals surface area contributed by atoms with E-state index in [-0.39, 0.29) is 0 Å². The number of nitrogens with one attached hydrogen (secondary N) is 1. The number of nitrogens with zero attached hydrogens (tertiary/aromatic N) is 1. The summed E-state index contributed by atoms with van der Waals surface area (Å²) < 4.78 is 0. The lowest BCUT2D eigenvalue weighted by Gasteiger charge is -2.47. The molecule has 1 saturated heterocycles. The maximum atomic E-state index is 3.77. The smallest absolute Gasteiger partial charge is 0.0450 e. The van der Waals surface area contributed by atoms with Crippen LogP contribution < -0.4 is 5.32 Å². The van der Waals surface area contributed by atoms with E-state index < -0.39 is 0 Å². The average Bonchev–Trinajstić information content (AvgIpc) is 2.48. The molecule has 0 bridgehead atoms.